The van der Waals surface area contributed by atoms with E-state index in [0.29, 0.717) is 23.2 Å². The third-order valence-electron chi connectivity index (χ3n) is 6.78. The van der Waals surface area contributed by atoms with Crippen molar-refractivity contribution in [2.24, 2.45) is 0 Å². The van der Waals surface area contributed by atoms with Gasteiger partial charge in [-0.1, -0.05) is 47.5 Å². The highest BCUT2D eigenvalue weighted by molar-refractivity contribution is 6.90. The van der Waals surface area contributed by atoms with E-state index in [1.807, 2.05) is 27.7 Å². The Kier molecular flexibility index (Phi) is 6.35. The summed E-state index contributed by atoms with van der Waals surface area (Å²) in [5, 5.41) is 0. The lowest BCUT2D eigenvalue weighted by Gasteiger charge is -2.38. The summed E-state index contributed by atoms with van der Waals surface area (Å²) in [6, 6.07) is 0. The predicted molar refractivity (Wildman–Crippen MR) is 116 cm³/mol. The Bertz CT molecular complexity index is 638. The van der Waals surface area contributed by atoms with Crippen molar-refractivity contribution in [2.75, 3.05) is 6.61 Å². The number of fused-ring (bicyclic) bond motifs is 1. The summed E-state index contributed by atoms with van der Waals surface area (Å²) in [6.07, 6.45) is -1.12. The van der Waals surface area contributed by atoms with Gasteiger partial charge in [0.15, 0.2) is 11.6 Å². The minimum atomic E-state index is -1.84. The van der Waals surface area contributed by atoms with Crippen molar-refractivity contribution in [1.82, 2.24) is 0 Å². The molecule has 5 atom stereocenters. The third-order valence-corrected chi connectivity index (χ3v) is 13.1. The van der Waals surface area contributed by atoms with Crippen LogP contribution in [0.2, 0.25) is 16.6 Å². The zero-order valence-electron chi connectivity index (χ0n) is 19.9. The molecule has 0 radical (unpaired) electrons. The van der Waals surface area contributed by atoms with Gasteiger partial charge in [-0.3, -0.25) is 0 Å². The van der Waals surface area contributed by atoms with Gasteiger partial charge >= 0.3 is 0 Å². The smallest absolute Gasteiger partial charge is 0.164 e. The highest BCUT2D eigenvalue weighted by Crippen LogP contribution is 2.43. The zero-order valence-corrected chi connectivity index (χ0v) is 20.9. The number of hydrogen-bond donors (Lipinski definition) is 0. The first-order valence-electron chi connectivity index (χ1n) is 11.1. The molecule has 3 fully saturated rings. The molecule has 5 nitrogen and oxygen atoms in total. The Morgan fingerprint density at radius 1 is 0.759 bits per heavy atom. The molecule has 0 aliphatic carbocycles. The molecule has 0 saturated carbocycles. The van der Waals surface area contributed by atoms with Crippen molar-refractivity contribution in [3.05, 3.63) is 0 Å². The van der Waals surface area contributed by atoms with Gasteiger partial charge in [-0.2, -0.15) is 0 Å². The maximum absolute atomic E-state index is 6.43. The minimum absolute atomic E-state index is 0.177. The quantitative estimate of drug-likeness (QED) is 0.486. The molecule has 0 unspecified atom stereocenters. The van der Waals surface area contributed by atoms with Crippen LogP contribution < -0.4 is 0 Å². The number of ether oxygens (including phenoxy) is 5. The summed E-state index contributed by atoms with van der Waals surface area (Å²) >= 11 is 0. The summed E-state index contributed by atoms with van der Waals surface area (Å²) in [6.45, 7) is 22.2. The summed E-state index contributed by atoms with van der Waals surface area (Å²) in [5.41, 5.74) is 5.53. The average Bonchev–Trinajstić information content (AvgIpc) is 3.17. The molecule has 0 N–H and O–H groups in total. The van der Waals surface area contributed by atoms with E-state index in [4.69, 9.17) is 23.7 Å². The molecule has 0 amide bonds. The van der Waals surface area contributed by atoms with Gasteiger partial charge in [0.25, 0.3) is 0 Å². The molecular weight excluding hydrogens is 384 g/mol. The Labute approximate surface area is 178 Å². The van der Waals surface area contributed by atoms with Gasteiger partial charge in [0.1, 0.15) is 38.6 Å². The number of rotatable bonds is 4. The molecule has 6 heteroatoms. The number of hydrogen-bond acceptors (Lipinski definition) is 5. The summed E-state index contributed by atoms with van der Waals surface area (Å²) in [4.78, 5) is 0. The zero-order chi connectivity index (χ0) is 21.8. The van der Waals surface area contributed by atoms with Crippen LogP contribution in [0.25, 0.3) is 0 Å². The van der Waals surface area contributed by atoms with Crippen LogP contribution in [0.1, 0.15) is 69.2 Å². The fourth-order valence-electron chi connectivity index (χ4n) is 5.55. The summed E-state index contributed by atoms with van der Waals surface area (Å²) in [7, 11) is -1.84. The van der Waals surface area contributed by atoms with E-state index >= 15 is 0 Å². The van der Waals surface area contributed by atoms with Gasteiger partial charge in [0.2, 0.25) is 0 Å². The van der Waals surface area contributed by atoms with Crippen LogP contribution in [-0.4, -0.2) is 56.8 Å². The first-order chi connectivity index (χ1) is 13.3. The molecule has 3 rings (SSSR count). The van der Waals surface area contributed by atoms with E-state index < -0.39 is 19.6 Å². The molecule has 3 aliphatic heterocycles. The minimum Gasteiger partial charge on any atom is -0.354 e. The van der Waals surface area contributed by atoms with Gasteiger partial charge in [0.05, 0.1) is 6.61 Å². The van der Waals surface area contributed by atoms with Gasteiger partial charge < -0.3 is 23.7 Å². The maximum Gasteiger partial charge on any atom is 0.164 e. The van der Waals surface area contributed by atoms with Crippen LogP contribution in [0.4, 0.5) is 0 Å². The first-order valence-corrected chi connectivity index (χ1v) is 13.4. The lowest BCUT2D eigenvalue weighted by atomic mass is 10.0. The average molecular weight is 425 g/mol. The molecule has 0 aromatic heterocycles. The molecule has 166 valence electrons. The second-order valence-electron chi connectivity index (χ2n) is 10.6. The van der Waals surface area contributed by atoms with E-state index in [0.717, 1.165) is 0 Å². The van der Waals surface area contributed by atoms with Crippen molar-refractivity contribution in [3.8, 4) is 11.5 Å². The first kappa shape index (κ1) is 23.2. The van der Waals surface area contributed by atoms with Crippen LogP contribution in [-0.2, 0) is 23.7 Å². The fourth-order valence-corrected chi connectivity index (χ4v) is 10.8. The van der Waals surface area contributed by atoms with Crippen molar-refractivity contribution in [1.29, 1.82) is 0 Å². The van der Waals surface area contributed by atoms with Crippen molar-refractivity contribution in [2.45, 2.75) is 128 Å². The van der Waals surface area contributed by atoms with E-state index in [-0.39, 0.29) is 30.5 Å². The lowest BCUT2D eigenvalue weighted by Crippen LogP contribution is -2.43. The molecule has 3 aliphatic rings. The largest absolute Gasteiger partial charge is 0.354 e. The van der Waals surface area contributed by atoms with E-state index in [9.17, 15) is 0 Å². The molecule has 0 spiro atoms. The standard InChI is InChI=1S/C23H40O5Si/c1-14(2)29(15(3)4,16(5)6)12-11-17-20-21(28-23(9,10)27-20)19(25-17)18-13-24-22(7,8)26-18/h14-21H,13H2,1-10H3/t17-,18-,19-,20-,21+/m1/s1. The van der Waals surface area contributed by atoms with Gasteiger partial charge in [-0.25, -0.2) is 0 Å². The molecule has 0 bridgehead atoms. The van der Waals surface area contributed by atoms with Crippen molar-refractivity contribution < 1.29 is 23.7 Å². The van der Waals surface area contributed by atoms with Crippen molar-refractivity contribution in [3.63, 3.8) is 0 Å². The molecule has 3 heterocycles. The van der Waals surface area contributed by atoms with E-state index in [1.54, 1.807) is 0 Å². The summed E-state index contributed by atoms with van der Waals surface area (Å²) in [5.74, 6) is 2.29. The Morgan fingerprint density at radius 3 is 1.79 bits per heavy atom. The Morgan fingerprint density at radius 2 is 1.31 bits per heavy atom. The predicted octanol–water partition coefficient (Wildman–Crippen LogP) is 4.65. The van der Waals surface area contributed by atoms with Gasteiger partial charge in [-0.05, 0) is 44.3 Å². The van der Waals surface area contributed by atoms with Gasteiger partial charge in [0, 0.05) is 0 Å². The van der Waals surface area contributed by atoms with Gasteiger partial charge in [-0.15, -0.1) is 5.54 Å². The fraction of sp³-hybridized carbons (Fsp3) is 0.913. The lowest BCUT2D eigenvalue weighted by molar-refractivity contribution is -0.201. The van der Waals surface area contributed by atoms with Crippen LogP contribution in [0.5, 0.6) is 0 Å². The maximum atomic E-state index is 6.43. The SMILES string of the molecule is CC(C)[Si](C#C[C@H]1O[C@H]([C@H]2COC(C)(C)O2)[C@@H]2OC(C)(C)O[C@@H]21)(C(C)C)C(C)C. The monoisotopic (exact) mass is 424 g/mol. The van der Waals surface area contributed by atoms with Crippen molar-refractivity contribution >= 4 is 8.07 Å². The highest BCUT2D eigenvalue weighted by Gasteiger charge is 2.58. The van der Waals surface area contributed by atoms with E-state index in [2.05, 4.69) is 53.0 Å². The Balaban J connectivity index is 1.89. The summed E-state index contributed by atoms with van der Waals surface area (Å²) < 4.78 is 30.8. The molecule has 3 saturated heterocycles. The van der Waals surface area contributed by atoms with Crippen LogP contribution >= 0.6 is 0 Å². The van der Waals surface area contributed by atoms with Crippen LogP contribution in [0.15, 0.2) is 0 Å². The topological polar surface area (TPSA) is 46.2 Å². The van der Waals surface area contributed by atoms with Crippen LogP contribution in [0, 0.1) is 11.5 Å². The normalized spacial score (nSPS) is 36.0. The molecular formula is C23H40O5Si. The second-order valence-corrected chi connectivity index (χ2v) is 16.2. The second kappa shape index (κ2) is 7.92. The third kappa shape index (κ3) is 4.33. The Hall–Kier alpha value is -0.423. The van der Waals surface area contributed by atoms with Crippen LogP contribution in [0.3, 0.4) is 0 Å². The molecule has 0 aromatic rings. The molecule has 29 heavy (non-hydrogen) atoms. The molecule has 0 aromatic carbocycles. The van der Waals surface area contributed by atoms with E-state index in [1.165, 1.54) is 0 Å². The highest BCUT2D eigenvalue weighted by atomic mass is 28.3.